The SMILES string of the molecule is CCC1CC2C(=O)N(c3ncc(N)cc3C)C(=O)C2C1. The Morgan fingerprint density at radius 3 is 2.40 bits per heavy atom. The van der Waals surface area contributed by atoms with Crippen molar-refractivity contribution in [3.63, 3.8) is 0 Å². The van der Waals surface area contributed by atoms with Gasteiger partial charge in [-0.1, -0.05) is 13.3 Å². The largest absolute Gasteiger partial charge is 0.397 e. The molecule has 1 aromatic heterocycles. The highest BCUT2D eigenvalue weighted by Crippen LogP contribution is 2.45. The van der Waals surface area contributed by atoms with Gasteiger partial charge in [0.05, 0.1) is 23.7 Å². The molecule has 2 amide bonds. The Balaban J connectivity index is 1.94. The Labute approximate surface area is 118 Å². The number of imide groups is 1. The van der Waals surface area contributed by atoms with E-state index >= 15 is 0 Å². The minimum Gasteiger partial charge on any atom is -0.397 e. The summed E-state index contributed by atoms with van der Waals surface area (Å²) in [5.41, 5.74) is 6.97. The van der Waals surface area contributed by atoms with Gasteiger partial charge in [-0.15, -0.1) is 0 Å². The van der Waals surface area contributed by atoms with Crippen LogP contribution in [0.2, 0.25) is 0 Å². The molecule has 0 aromatic carbocycles. The molecule has 0 spiro atoms. The summed E-state index contributed by atoms with van der Waals surface area (Å²) in [5.74, 6) is 0.474. The van der Waals surface area contributed by atoms with E-state index in [-0.39, 0.29) is 23.7 Å². The fraction of sp³-hybridized carbons (Fsp3) is 0.533. The van der Waals surface area contributed by atoms with Gasteiger partial charge >= 0.3 is 0 Å². The fourth-order valence-corrected chi connectivity index (χ4v) is 3.49. The van der Waals surface area contributed by atoms with E-state index in [4.69, 9.17) is 5.73 Å². The summed E-state index contributed by atoms with van der Waals surface area (Å²) in [4.78, 5) is 30.5. The Morgan fingerprint density at radius 2 is 1.90 bits per heavy atom. The molecular formula is C15H19N3O2. The number of anilines is 2. The Bertz CT molecular complexity index is 560. The second kappa shape index (κ2) is 4.58. The lowest BCUT2D eigenvalue weighted by Crippen LogP contribution is -2.33. The van der Waals surface area contributed by atoms with E-state index in [0.29, 0.717) is 17.4 Å². The van der Waals surface area contributed by atoms with Crippen LogP contribution in [0.5, 0.6) is 0 Å². The first kappa shape index (κ1) is 13.1. The molecule has 2 aliphatic rings. The predicted octanol–water partition coefficient (Wildman–Crippen LogP) is 1.90. The van der Waals surface area contributed by atoms with E-state index in [1.165, 1.54) is 11.1 Å². The van der Waals surface area contributed by atoms with Crippen LogP contribution >= 0.6 is 0 Å². The van der Waals surface area contributed by atoms with Gasteiger partial charge in [0.2, 0.25) is 11.8 Å². The standard InChI is InChI=1S/C15H19N3O2/c1-3-9-5-11-12(6-9)15(20)18(14(11)19)13-8(2)4-10(16)7-17-13/h4,7,9,11-12H,3,5-6,16H2,1-2H3. The summed E-state index contributed by atoms with van der Waals surface area (Å²) in [6, 6.07) is 1.74. The molecule has 2 fully saturated rings. The number of carbonyl (C=O) groups excluding carboxylic acids is 2. The molecule has 1 aliphatic heterocycles. The number of fused-ring (bicyclic) bond motifs is 1. The molecule has 3 rings (SSSR count). The molecule has 1 saturated heterocycles. The zero-order valence-electron chi connectivity index (χ0n) is 11.8. The molecule has 5 heteroatoms. The van der Waals surface area contributed by atoms with Crippen LogP contribution in [-0.4, -0.2) is 16.8 Å². The summed E-state index contributed by atoms with van der Waals surface area (Å²) in [6.07, 6.45) is 4.19. The number of pyridine rings is 1. The van der Waals surface area contributed by atoms with Crippen LogP contribution in [0.3, 0.4) is 0 Å². The van der Waals surface area contributed by atoms with Crippen molar-refractivity contribution in [1.82, 2.24) is 4.98 Å². The molecule has 0 radical (unpaired) electrons. The van der Waals surface area contributed by atoms with E-state index in [9.17, 15) is 9.59 Å². The molecule has 1 aromatic rings. The van der Waals surface area contributed by atoms with Crippen molar-refractivity contribution >= 4 is 23.3 Å². The van der Waals surface area contributed by atoms with Gasteiger partial charge < -0.3 is 5.73 Å². The van der Waals surface area contributed by atoms with Crippen molar-refractivity contribution in [2.45, 2.75) is 33.1 Å². The molecule has 2 N–H and O–H groups in total. The van der Waals surface area contributed by atoms with Crippen molar-refractivity contribution < 1.29 is 9.59 Å². The molecule has 2 atom stereocenters. The molecule has 20 heavy (non-hydrogen) atoms. The highest BCUT2D eigenvalue weighted by Gasteiger charge is 2.53. The van der Waals surface area contributed by atoms with Crippen molar-refractivity contribution in [3.8, 4) is 0 Å². The van der Waals surface area contributed by atoms with Crippen LogP contribution in [0.4, 0.5) is 11.5 Å². The molecule has 1 aliphatic carbocycles. The molecular weight excluding hydrogens is 254 g/mol. The number of nitrogens with zero attached hydrogens (tertiary/aromatic N) is 2. The number of aromatic nitrogens is 1. The van der Waals surface area contributed by atoms with Gasteiger partial charge in [0.25, 0.3) is 0 Å². The first-order chi connectivity index (χ1) is 9.52. The Morgan fingerprint density at radius 1 is 1.30 bits per heavy atom. The Kier molecular flexibility index (Phi) is 3.00. The average Bonchev–Trinajstić information content (AvgIpc) is 2.93. The van der Waals surface area contributed by atoms with Crippen molar-refractivity contribution in [3.05, 3.63) is 17.8 Å². The lowest BCUT2D eigenvalue weighted by molar-refractivity contribution is -0.123. The van der Waals surface area contributed by atoms with E-state index in [1.54, 1.807) is 6.07 Å². The molecule has 2 unspecified atom stereocenters. The van der Waals surface area contributed by atoms with Crippen LogP contribution in [-0.2, 0) is 9.59 Å². The second-order valence-electron chi connectivity index (χ2n) is 5.88. The summed E-state index contributed by atoms with van der Waals surface area (Å²) >= 11 is 0. The van der Waals surface area contributed by atoms with Crippen molar-refractivity contribution in [2.24, 2.45) is 17.8 Å². The van der Waals surface area contributed by atoms with Gasteiger partial charge in [-0.25, -0.2) is 9.88 Å². The molecule has 106 valence electrons. The van der Waals surface area contributed by atoms with Crippen LogP contribution in [0.15, 0.2) is 12.3 Å². The van der Waals surface area contributed by atoms with Gasteiger partial charge in [0.1, 0.15) is 5.82 Å². The predicted molar refractivity (Wildman–Crippen MR) is 75.9 cm³/mol. The third-order valence-corrected chi connectivity index (χ3v) is 4.60. The smallest absolute Gasteiger partial charge is 0.238 e. The fourth-order valence-electron chi connectivity index (χ4n) is 3.49. The molecule has 0 bridgehead atoms. The van der Waals surface area contributed by atoms with Crippen LogP contribution in [0.1, 0.15) is 31.7 Å². The third kappa shape index (κ3) is 1.80. The molecule has 1 saturated carbocycles. The highest BCUT2D eigenvalue weighted by atomic mass is 16.2. The van der Waals surface area contributed by atoms with Crippen LogP contribution < -0.4 is 10.6 Å². The normalized spacial score (nSPS) is 29.1. The van der Waals surface area contributed by atoms with Gasteiger partial charge in [-0.05, 0) is 37.3 Å². The number of aryl methyl sites for hydroxylation is 1. The summed E-state index contributed by atoms with van der Waals surface area (Å²) in [5, 5.41) is 0. The summed E-state index contributed by atoms with van der Waals surface area (Å²) in [6.45, 7) is 3.94. The van der Waals surface area contributed by atoms with Crippen LogP contribution in [0, 0.1) is 24.7 Å². The van der Waals surface area contributed by atoms with Crippen molar-refractivity contribution in [1.29, 1.82) is 0 Å². The van der Waals surface area contributed by atoms with Crippen molar-refractivity contribution in [2.75, 3.05) is 10.6 Å². The van der Waals surface area contributed by atoms with E-state index in [0.717, 1.165) is 24.8 Å². The summed E-state index contributed by atoms with van der Waals surface area (Å²) < 4.78 is 0. The number of nitrogens with two attached hydrogens (primary N) is 1. The zero-order chi connectivity index (χ0) is 14.4. The number of nitrogen functional groups attached to an aromatic ring is 1. The monoisotopic (exact) mass is 273 g/mol. The number of amides is 2. The van der Waals surface area contributed by atoms with Gasteiger partial charge in [-0.3, -0.25) is 9.59 Å². The topological polar surface area (TPSA) is 76.3 Å². The first-order valence-electron chi connectivity index (χ1n) is 7.12. The number of rotatable bonds is 2. The summed E-state index contributed by atoms with van der Waals surface area (Å²) in [7, 11) is 0. The average molecular weight is 273 g/mol. The van der Waals surface area contributed by atoms with Gasteiger partial charge in [0.15, 0.2) is 0 Å². The molecule has 2 heterocycles. The Hall–Kier alpha value is -1.91. The lowest BCUT2D eigenvalue weighted by atomic mass is 10.00. The zero-order valence-corrected chi connectivity index (χ0v) is 11.8. The quantitative estimate of drug-likeness (QED) is 0.835. The maximum Gasteiger partial charge on any atom is 0.238 e. The maximum atomic E-state index is 12.5. The minimum atomic E-state index is -0.147. The highest BCUT2D eigenvalue weighted by molar-refractivity contribution is 6.22. The minimum absolute atomic E-state index is 0.0867. The maximum absolute atomic E-state index is 12.5. The van der Waals surface area contributed by atoms with E-state index in [2.05, 4.69) is 11.9 Å². The second-order valence-corrected chi connectivity index (χ2v) is 5.88. The third-order valence-electron chi connectivity index (χ3n) is 4.60. The van der Waals surface area contributed by atoms with Gasteiger partial charge in [-0.2, -0.15) is 0 Å². The van der Waals surface area contributed by atoms with Gasteiger partial charge in [0, 0.05) is 0 Å². The first-order valence-corrected chi connectivity index (χ1v) is 7.12. The number of hydrogen-bond acceptors (Lipinski definition) is 4. The molecule has 5 nitrogen and oxygen atoms in total. The van der Waals surface area contributed by atoms with E-state index in [1.807, 2.05) is 6.92 Å². The lowest BCUT2D eigenvalue weighted by Gasteiger charge is -2.18. The number of hydrogen-bond donors (Lipinski definition) is 1. The van der Waals surface area contributed by atoms with E-state index < -0.39 is 0 Å². The van der Waals surface area contributed by atoms with Crippen LogP contribution in [0.25, 0.3) is 0 Å². The number of carbonyl (C=O) groups is 2.